The Kier molecular flexibility index (Phi) is 10.5. The van der Waals surface area contributed by atoms with Crippen LogP contribution < -0.4 is 0 Å². The minimum Gasteiger partial charge on any atom is -0.480 e. The van der Waals surface area contributed by atoms with Crippen LogP contribution >= 0.6 is 11.8 Å². The standard InChI is InChI=1S/C8H11NO5S.2K/c1-4(10)9-5(6(11)12)3-15-8(9,2)7(13)14;;/h5H,3H2,1-2H3,(H,11,12)(H,13,14);;. The molecule has 1 fully saturated rings. The van der Waals surface area contributed by atoms with Gasteiger partial charge in [0.15, 0.2) is 4.87 Å². The summed E-state index contributed by atoms with van der Waals surface area (Å²) in [5.41, 5.74) is 0. The molecule has 2 N–H and O–H groups in total. The van der Waals surface area contributed by atoms with Gasteiger partial charge in [0.05, 0.1) is 0 Å². The van der Waals surface area contributed by atoms with E-state index >= 15 is 0 Å². The summed E-state index contributed by atoms with van der Waals surface area (Å²) in [5, 5.41) is 17.8. The summed E-state index contributed by atoms with van der Waals surface area (Å²) in [6, 6.07) is -1.06. The van der Waals surface area contributed by atoms with E-state index in [1.54, 1.807) is 0 Å². The Hall–Kier alpha value is 2.03. The number of nitrogens with zero attached hydrogens (tertiary/aromatic N) is 1. The molecule has 0 aliphatic carbocycles. The average molecular weight is 311 g/mol. The van der Waals surface area contributed by atoms with Crippen LogP contribution in [0.3, 0.4) is 0 Å². The van der Waals surface area contributed by atoms with Crippen LogP contribution in [-0.4, -0.2) is 152 Å². The van der Waals surface area contributed by atoms with Crippen LogP contribution in [0.15, 0.2) is 0 Å². The number of carbonyl (C=O) groups is 3. The number of rotatable bonds is 2. The molecule has 1 amide bonds. The molecular formula is C8H11K2NO5S. The van der Waals surface area contributed by atoms with Gasteiger partial charge in [-0.05, 0) is 6.92 Å². The molecule has 0 aromatic carbocycles. The number of hydrogen-bond donors (Lipinski definition) is 2. The molecule has 9 heteroatoms. The third-order valence-corrected chi connectivity index (χ3v) is 3.73. The molecule has 0 spiro atoms. The van der Waals surface area contributed by atoms with E-state index in [1.165, 1.54) is 13.8 Å². The van der Waals surface area contributed by atoms with Crippen molar-refractivity contribution >= 4 is 132 Å². The van der Waals surface area contributed by atoms with E-state index in [-0.39, 0.29) is 109 Å². The maximum Gasteiger partial charge on any atom is 0.340 e. The van der Waals surface area contributed by atoms with Gasteiger partial charge in [-0.1, -0.05) is 0 Å². The van der Waals surface area contributed by atoms with Crippen LogP contribution in [0.25, 0.3) is 0 Å². The Morgan fingerprint density at radius 1 is 1.29 bits per heavy atom. The third-order valence-electron chi connectivity index (χ3n) is 2.31. The summed E-state index contributed by atoms with van der Waals surface area (Å²) in [7, 11) is 0. The fourth-order valence-corrected chi connectivity index (χ4v) is 2.84. The molecule has 1 saturated heterocycles. The van der Waals surface area contributed by atoms with E-state index < -0.39 is 28.8 Å². The number of amides is 1. The van der Waals surface area contributed by atoms with Crippen molar-refractivity contribution in [1.29, 1.82) is 0 Å². The molecule has 0 saturated carbocycles. The second-order valence-corrected chi connectivity index (χ2v) is 4.76. The van der Waals surface area contributed by atoms with Crippen LogP contribution in [0.1, 0.15) is 13.8 Å². The molecule has 2 atom stereocenters. The van der Waals surface area contributed by atoms with Gasteiger partial charge in [-0.25, -0.2) is 9.59 Å². The monoisotopic (exact) mass is 311 g/mol. The van der Waals surface area contributed by atoms with Crippen LogP contribution in [-0.2, 0) is 14.4 Å². The van der Waals surface area contributed by atoms with Gasteiger partial charge >= 0.3 is 11.9 Å². The molecule has 2 unspecified atom stereocenters. The SMILES string of the molecule is CC(=O)N1C(C(=O)O)CSC1(C)C(=O)O.[K].[K]. The molecule has 1 heterocycles. The van der Waals surface area contributed by atoms with Crippen molar-refractivity contribution in [2.24, 2.45) is 0 Å². The van der Waals surface area contributed by atoms with Gasteiger partial charge < -0.3 is 15.1 Å². The van der Waals surface area contributed by atoms with Crippen LogP contribution in [0, 0.1) is 0 Å². The molecule has 1 rings (SSSR count). The molecule has 1 aliphatic rings. The number of carboxylic acid groups (broad SMARTS) is 2. The number of carboxylic acids is 2. The maximum absolute atomic E-state index is 11.3. The zero-order valence-electron chi connectivity index (χ0n) is 10.3. The van der Waals surface area contributed by atoms with Gasteiger partial charge in [-0.3, -0.25) is 4.79 Å². The molecule has 6 nitrogen and oxygen atoms in total. The predicted octanol–water partition coefficient (Wildman–Crippen LogP) is -0.926. The first kappa shape index (κ1) is 21.3. The zero-order chi connectivity index (χ0) is 11.8. The third kappa shape index (κ3) is 4.52. The molecule has 0 aromatic rings. The van der Waals surface area contributed by atoms with E-state index in [0.29, 0.717) is 0 Å². The normalized spacial score (nSPS) is 26.7. The Balaban J connectivity index is 0. The van der Waals surface area contributed by atoms with Crippen LogP contribution in [0.2, 0.25) is 0 Å². The number of aliphatic carboxylic acids is 2. The van der Waals surface area contributed by atoms with Crippen molar-refractivity contribution in [2.45, 2.75) is 24.8 Å². The minimum absolute atomic E-state index is 0. The minimum atomic E-state index is -1.48. The van der Waals surface area contributed by atoms with Crippen LogP contribution in [0.5, 0.6) is 0 Å². The second-order valence-electron chi connectivity index (χ2n) is 3.34. The summed E-state index contributed by atoms with van der Waals surface area (Å²) >= 11 is 0.950. The quantitative estimate of drug-likeness (QED) is 0.640. The maximum atomic E-state index is 11.3. The van der Waals surface area contributed by atoms with Crippen LogP contribution in [0.4, 0.5) is 0 Å². The van der Waals surface area contributed by atoms with Gasteiger partial charge in [0.2, 0.25) is 5.91 Å². The molecule has 0 bridgehead atoms. The Morgan fingerprint density at radius 2 is 1.76 bits per heavy atom. The molecule has 1 aliphatic heterocycles. The van der Waals surface area contributed by atoms with Gasteiger partial charge in [0, 0.05) is 115 Å². The molecular weight excluding hydrogens is 300 g/mol. The first-order valence-electron chi connectivity index (χ1n) is 4.20. The first-order chi connectivity index (χ1) is 6.80. The molecule has 17 heavy (non-hydrogen) atoms. The smallest absolute Gasteiger partial charge is 0.340 e. The van der Waals surface area contributed by atoms with Gasteiger partial charge in [-0.15, -0.1) is 11.8 Å². The fraction of sp³-hybridized carbons (Fsp3) is 0.625. The average Bonchev–Trinajstić information content (AvgIpc) is 2.44. The largest absolute Gasteiger partial charge is 0.480 e. The Bertz CT molecular complexity index is 340. The van der Waals surface area contributed by atoms with Crippen molar-refractivity contribution in [1.82, 2.24) is 4.90 Å². The van der Waals surface area contributed by atoms with Crippen molar-refractivity contribution in [3.05, 3.63) is 0 Å². The van der Waals surface area contributed by atoms with Gasteiger partial charge in [-0.2, -0.15) is 0 Å². The number of hydrogen-bond acceptors (Lipinski definition) is 4. The van der Waals surface area contributed by atoms with E-state index in [4.69, 9.17) is 10.2 Å². The summed E-state index contributed by atoms with van der Waals surface area (Å²) in [6.45, 7) is 2.51. The van der Waals surface area contributed by atoms with E-state index in [1.807, 2.05) is 0 Å². The Morgan fingerprint density at radius 3 is 2.06 bits per heavy atom. The van der Waals surface area contributed by atoms with Crippen molar-refractivity contribution in [3.63, 3.8) is 0 Å². The van der Waals surface area contributed by atoms with Gasteiger partial charge in [0.1, 0.15) is 6.04 Å². The van der Waals surface area contributed by atoms with E-state index in [0.717, 1.165) is 16.7 Å². The first-order valence-corrected chi connectivity index (χ1v) is 5.19. The summed E-state index contributed by atoms with van der Waals surface area (Å²) in [4.78, 5) is 32.5. The fourth-order valence-electron chi connectivity index (χ4n) is 1.55. The predicted molar refractivity (Wildman–Crippen MR) is 64.0 cm³/mol. The molecule has 86 valence electrons. The van der Waals surface area contributed by atoms with Crippen molar-refractivity contribution in [3.8, 4) is 0 Å². The summed E-state index contributed by atoms with van der Waals surface area (Å²) in [6.07, 6.45) is 0. The summed E-state index contributed by atoms with van der Waals surface area (Å²) in [5.74, 6) is -2.83. The topological polar surface area (TPSA) is 94.9 Å². The van der Waals surface area contributed by atoms with Crippen molar-refractivity contribution in [2.75, 3.05) is 5.75 Å². The number of thioether (sulfide) groups is 1. The van der Waals surface area contributed by atoms with Crippen molar-refractivity contribution < 1.29 is 24.6 Å². The second kappa shape index (κ2) is 8.35. The Labute approximate surface area is 188 Å². The van der Waals surface area contributed by atoms with E-state index in [2.05, 4.69) is 0 Å². The zero-order valence-corrected chi connectivity index (χ0v) is 17.3. The van der Waals surface area contributed by atoms with Gasteiger partial charge in [0.25, 0.3) is 0 Å². The molecule has 0 aromatic heterocycles. The molecule has 2 radical (unpaired) electrons. The van der Waals surface area contributed by atoms with E-state index in [9.17, 15) is 14.4 Å². The number of carbonyl (C=O) groups excluding carboxylic acids is 1. The summed E-state index contributed by atoms with van der Waals surface area (Å²) < 4.78 is 0.